The van der Waals surface area contributed by atoms with Gasteiger partial charge in [0.25, 0.3) is 0 Å². The summed E-state index contributed by atoms with van der Waals surface area (Å²) in [6, 6.07) is 0. The second-order valence-corrected chi connectivity index (χ2v) is 3.75. The Balaban J connectivity index is 0. The number of aliphatic hydroxyl groups excluding tert-OH is 1. The normalized spacial score (nSPS) is 13.1. The van der Waals surface area contributed by atoms with Crippen molar-refractivity contribution in [2.75, 3.05) is 6.54 Å². The highest BCUT2D eigenvalue weighted by atomic mass is 16.3. The maximum absolute atomic E-state index is 9.63. The summed E-state index contributed by atoms with van der Waals surface area (Å²) in [5, 5.41) is 14.7. The number of amidine groups is 1. The smallest absolute Gasteiger partial charge is 0.141 e. The van der Waals surface area contributed by atoms with Gasteiger partial charge in [-0.3, -0.25) is 5.01 Å². The van der Waals surface area contributed by atoms with Gasteiger partial charge in [0.05, 0.1) is 6.10 Å². The molecule has 0 aliphatic heterocycles. The minimum atomic E-state index is -0.444. The first-order valence-corrected chi connectivity index (χ1v) is 5.99. The fraction of sp³-hybridized carbons (Fsp3) is 0.909. The van der Waals surface area contributed by atoms with Gasteiger partial charge in [0.2, 0.25) is 0 Å². The lowest BCUT2D eigenvalue weighted by Gasteiger charge is -2.22. The van der Waals surface area contributed by atoms with Gasteiger partial charge in [0.15, 0.2) is 0 Å². The number of aliphatic hydroxyl groups is 1. The van der Waals surface area contributed by atoms with Crippen LogP contribution < -0.4 is 11.7 Å². The molecule has 0 bridgehead atoms. The van der Waals surface area contributed by atoms with Gasteiger partial charge in [-0.1, -0.05) is 34.6 Å². The monoisotopic (exact) mass is 232 g/mol. The first-order chi connectivity index (χ1) is 7.52. The van der Waals surface area contributed by atoms with Crippen molar-refractivity contribution in [2.45, 2.75) is 53.6 Å². The molecule has 5 heteroatoms. The van der Waals surface area contributed by atoms with E-state index in [1.165, 1.54) is 5.01 Å². The largest absolute Gasteiger partial charge is 0.392 e. The van der Waals surface area contributed by atoms with Crippen molar-refractivity contribution in [1.29, 1.82) is 0 Å². The number of nitrogens with two attached hydrogens (primary N) is 2. The van der Waals surface area contributed by atoms with E-state index < -0.39 is 6.10 Å². The quantitative estimate of drug-likeness (QED) is 0.288. The van der Waals surface area contributed by atoms with E-state index in [-0.39, 0.29) is 5.92 Å². The van der Waals surface area contributed by atoms with Crippen LogP contribution in [0.2, 0.25) is 0 Å². The topological polar surface area (TPSA) is 87.9 Å². The molecule has 98 valence electrons. The third-order valence-electron chi connectivity index (χ3n) is 2.11. The molecule has 5 N–H and O–H groups in total. The molecule has 5 nitrogen and oxygen atoms in total. The number of nitrogens with zero attached hydrogens (tertiary/aromatic N) is 2. The Labute approximate surface area is 99.5 Å². The summed E-state index contributed by atoms with van der Waals surface area (Å²) in [7, 11) is 0. The molecular formula is C11H28N4O. The van der Waals surface area contributed by atoms with Gasteiger partial charge in [0, 0.05) is 13.0 Å². The predicted octanol–water partition coefficient (Wildman–Crippen LogP) is 1.28. The highest BCUT2D eigenvalue weighted by Gasteiger charge is 2.15. The van der Waals surface area contributed by atoms with E-state index in [4.69, 9.17) is 11.7 Å². The average Bonchev–Trinajstić information content (AvgIpc) is 2.28. The summed E-state index contributed by atoms with van der Waals surface area (Å²) < 4.78 is 0. The number of hydrazine groups is 1. The van der Waals surface area contributed by atoms with E-state index >= 15 is 0 Å². The maximum Gasteiger partial charge on any atom is 0.141 e. The summed E-state index contributed by atoms with van der Waals surface area (Å²) in [4.78, 5) is 0. The predicted molar refractivity (Wildman–Crippen MR) is 69.6 cm³/mol. The van der Waals surface area contributed by atoms with E-state index in [0.717, 1.165) is 6.42 Å². The standard InChI is InChI=1S/C9H22N4O.C2H6/c1-4-5-13(11)9(12-10)6-8(14)7(2)3;1-2/h7-8,14H,4-6,10-11H2,1-3H3;1-2H3/b12-9-;. The summed E-state index contributed by atoms with van der Waals surface area (Å²) in [5.41, 5.74) is 0. The summed E-state index contributed by atoms with van der Waals surface area (Å²) in [6.45, 7) is 10.6. The van der Waals surface area contributed by atoms with Crippen molar-refractivity contribution in [2.24, 2.45) is 22.7 Å². The van der Waals surface area contributed by atoms with Crippen molar-refractivity contribution in [3.63, 3.8) is 0 Å². The van der Waals surface area contributed by atoms with E-state index in [2.05, 4.69) is 5.10 Å². The van der Waals surface area contributed by atoms with Crippen LogP contribution in [0.15, 0.2) is 5.10 Å². The average molecular weight is 232 g/mol. The zero-order chi connectivity index (χ0) is 13.1. The molecule has 0 aliphatic carbocycles. The molecule has 1 atom stereocenters. The highest BCUT2D eigenvalue weighted by Crippen LogP contribution is 2.07. The van der Waals surface area contributed by atoms with Crippen molar-refractivity contribution >= 4 is 5.84 Å². The van der Waals surface area contributed by atoms with Gasteiger partial charge in [-0.05, 0) is 12.3 Å². The molecule has 0 saturated heterocycles. The van der Waals surface area contributed by atoms with Crippen LogP contribution in [-0.4, -0.2) is 28.6 Å². The second kappa shape index (κ2) is 10.7. The van der Waals surface area contributed by atoms with Crippen LogP contribution in [-0.2, 0) is 0 Å². The maximum atomic E-state index is 9.63. The second-order valence-electron chi connectivity index (χ2n) is 3.75. The van der Waals surface area contributed by atoms with Gasteiger partial charge in [-0.2, -0.15) is 5.10 Å². The Hall–Kier alpha value is -0.810. The molecular weight excluding hydrogens is 204 g/mol. The Morgan fingerprint density at radius 1 is 1.38 bits per heavy atom. The zero-order valence-corrected chi connectivity index (χ0v) is 11.3. The summed E-state index contributed by atoms with van der Waals surface area (Å²) in [6.07, 6.45) is 0.887. The lowest BCUT2D eigenvalue weighted by atomic mass is 10.0. The molecule has 0 aliphatic rings. The van der Waals surface area contributed by atoms with Gasteiger partial charge >= 0.3 is 0 Å². The van der Waals surface area contributed by atoms with Crippen LogP contribution in [0.1, 0.15) is 47.5 Å². The minimum absolute atomic E-state index is 0.182. The molecule has 0 heterocycles. The van der Waals surface area contributed by atoms with Crippen LogP contribution in [0.4, 0.5) is 0 Å². The Morgan fingerprint density at radius 2 is 1.88 bits per heavy atom. The van der Waals surface area contributed by atoms with E-state index in [0.29, 0.717) is 18.8 Å². The molecule has 0 fully saturated rings. The van der Waals surface area contributed by atoms with Crippen LogP contribution >= 0.6 is 0 Å². The Bertz CT molecular complexity index is 183. The van der Waals surface area contributed by atoms with Crippen LogP contribution in [0.3, 0.4) is 0 Å². The van der Waals surface area contributed by atoms with Crippen molar-refractivity contribution in [3.8, 4) is 0 Å². The number of hydrazone groups is 1. The molecule has 16 heavy (non-hydrogen) atoms. The number of rotatable bonds is 5. The SMILES string of the molecule is CC.CCCN(N)/C(CC(O)C(C)C)=N\N. The summed E-state index contributed by atoms with van der Waals surface area (Å²) >= 11 is 0. The lowest BCUT2D eigenvalue weighted by Crippen LogP contribution is -2.41. The van der Waals surface area contributed by atoms with Gasteiger partial charge in [0.1, 0.15) is 5.84 Å². The molecule has 1 unspecified atom stereocenters. The van der Waals surface area contributed by atoms with Crippen LogP contribution in [0, 0.1) is 5.92 Å². The number of hydrogen-bond donors (Lipinski definition) is 3. The van der Waals surface area contributed by atoms with Gasteiger partial charge in [-0.25, -0.2) is 5.84 Å². The molecule has 0 aromatic heterocycles. The van der Waals surface area contributed by atoms with Crippen LogP contribution in [0.5, 0.6) is 0 Å². The Kier molecular flexibility index (Phi) is 11.8. The first-order valence-electron chi connectivity index (χ1n) is 5.99. The summed E-state index contributed by atoms with van der Waals surface area (Å²) in [5.74, 6) is 11.6. The molecule has 0 radical (unpaired) electrons. The van der Waals surface area contributed by atoms with Crippen molar-refractivity contribution < 1.29 is 5.11 Å². The fourth-order valence-electron chi connectivity index (χ4n) is 1.04. The number of hydrogen-bond acceptors (Lipinski definition) is 4. The molecule has 0 spiro atoms. The minimum Gasteiger partial charge on any atom is -0.392 e. The third kappa shape index (κ3) is 7.48. The zero-order valence-electron chi connectivity index (χ0n) is 11.3. The van der Waals surface area contributed by atoms with E-state index in [1.54, 1.807) is 0 Å². The van der Waals surface area contributed by atoms with E-state index in [1.807, 2.05) is 34.6 Å². The molecule has 0 saturated carbocycles. The highest BCUT2D eigenvalue weighted by molar-refractivity contribution is 5.81. The van der Waals surface area contributed by atoms with Gasteiger partial charge in [-0.15, -0.1) is 0 Å². The first kappa shape index (κ1) is 17.6. The van der Waals surface area contributed by atoms with Crippen LogP contribution in [0.25, 0.3) is 0 Å². The fourth-order valence-corrected chi connectivity index (χ4v) is 1.04. The molecule has 0 aromatic rings. The van der Waals surface area contributed by atoms with Crippen molar-refractivity contribution in [1.82, 2.24) is 5.01 Å². The molecule has 0 rings (SSSR count). The lowest BCUT2D eigenvalue weighted by molar-refractivity contribution is 0.129. The van der Waals surface area contributed by atoms with Gasteiger partial charge < -0.3 is 10.9 Å². The molecule has 0 aromatic carbocycles. The van der Waals surface area contributed by atoms with E-state index in [9.17, 15) is 5.11 Å². The molecule has 0 amide bonds. The Morgan fingerprint density at radius 3 is 2.19 bits per heavy atom. The third-order valence-corrected chi connectivity index (χ3v) is 2.11. The van der Waals surface area contributed by atoms with Crippen molar-refractivity contribution in [3.05, 3.63) is 0 Å².